The summed E-state index contributed by atoms with van der Waals surface area (Å²) in [5, 5.41) is 9.91. The van der Waals surface area contributed by atoms with Crippen molar-refractivity contribution in [1.29, 1.82) is 0 Å². The third-order valence-corrected chi connectivity index (χ3v) is 6.20. The number of anilines is 1. The third-order valence-electron chi connectivity index (χ3n) is 4.93. The summed E-state index contributed by atoms with van der Waals surface area (Å²) in [5.41, 5.74) is 1.10. The molecule has 0 aromatic carbocycles. The van der Waals surface area contributed by atoms with Crippen LogP contribution in [-0.2, 0) is 16.6 Å². The Morgan fingerprint density at radius 3 is 2.88 bits per heavy atom. The maximum atomic E-state index is 12.8. The Morgan fingerprint density at radius 2 is 2.19 bits per heavy atom. The number of nitrogens with zero attached hydrogens (tertiary/aromatic N) is 3. The lowest BCUT2D eigenvalue weighted by Gasteiger charge is -2.36. The molecule has 2 aromatic heterocycles. The van der Waals surface area contributed by atoms with Gasteiger partial charge < -0.3 is 10.1 Å². The van der Waals surface area contributed by atoms with Gasteiger partial charge >= 0.3 is 0 Å². The SMILES string of the molecule is Cn1cc([C@@H]2SCC(=O)Nc3c2c(=O)[nH]n3[C@H]2CCOC(C)(C)C2)cn1. The number of nitrogens with one attached hydrogen (secondary N) is 2. The van der Waals surface area contributed by atoms with Crippen molar-refractivity contribution in [3.05, 3.63) is 33.9 Å². The number of ether oxygens (including phenoxy) is 1. The molecule has 2 N–H and O–H groups in total. The molecule has 2 aliphatic rings. The zero-order chi connectivity index (χ0) is 18.5. The van der Waals surface area contributed by atoms with E-state index in [1.165, 1.54) is 11.8 Å². The van der Waals surface area contributed by atoms with E-state index in [9.17, 15) is 9.59 Å². The van der Waals surface area contributed by atoms with Gasteiger partial charge in [-0.25, -0.2) is 0 Å². The predicted molar refractivity (Wildman–Crippen MR) is 99.5 cm³/mol. The van der Waals surface area contributed by atoms with Crippen molar-refractivity contribution in [3.63, 3.8) is 0 Å². The number of amides is 1. The highest BCUT2D eigenvalue weighted by atomic mass is 32.2. The monoisotopic (exact) mass is 377 g/mol. The van der Waals surface area contributed by atoms with Crippen LogP contribution < -0.4 is 10.9 Å². The smallest absolute Gasteiger partial charge is 0.270 e. The van der Waals surface area contributed by atoms with Crippen LogP contribution in [0.4, 0.5) is 5.82 Å². The van der Waals surface area contributed by atoms with Crippen LogP contribution in [0, 0.1) is 0 Å². The van der Waals surface area contributed by atoms with E-state index in [0.717, 1.165) is 18.4 Å². The molecule has 0 saturated carbocycles. The van der Waals surface area contributed by atoms with Crippen molar-refractivity contribution in [3.8, 4) is 0 Å². The van der Waals surface area contributed by atoms with Gasteiger partial charge in [0.05, 0.1) is 34.4 Å². The molecular weight excluding hydrogens is 354 g/mol. The standard InChI is InChI=1S/C17H23N5O3S/c1-17(2)6-11(4-5-25-17)22-15-13(16(24)20-22)14(26-9-12(23)19-15)10-7-18-21(3)8-10/h7-8,11,14H,4-6,9H2,1-3H3,(H,19,23)(H,20,24)/t11-,14-/m0/s1. The molecular formula is C17H23N5O3S. The maximum Gasteiger partial charge on any atom is 0.270 e. The Labute approximate surface area is 155 Å². The maximum absolute atomic E-state index is 12.8. The second kappa shape index (κ2) is 6.31. The summed E-state index contributed by atoms with van der Waals surface area (Å²) >= 11 is 1.45. The minimum Gasteiger partial charge on any atom is -0.375 e. The number of aryl methyl sites for hydroxylation is 1. The summed E-state index contributed by atoms with van der Waals surface area (Å²) in [5.74, 6) is 0.788. The van der Waals surface area contributed by atoms with Crippen molar-refractivity contribution in [2.24, 2.45) is 7.05 Å². The zero-order valence-electron chi connectivity index (χ0n) is 15.1. The number of hydrogen-bond acceptors (Lipinski definition) is 5. The highest BCUT2D eigenvalue weighted by molar-refractivity contribution is 8.00. The molecule has 26 heavy (non-hydrogen) atoms. The van der Waals surface area contributed by atoms with Gasteiger partial charge in [0.1, 0.15) is 5.82 Å². The van der Waals surface area contributed by atoms with Crippen molar-refractivity contribution in [2.45, 2.75) is 43.6 Å². The molecule has 1 amide bonds. The number of carbonyl (C=O) groups excluding carboxylic acids is 1. The van der Waals surface area contributed by atoms with E-state index in [0.29, 0.717) is 23.7 Å². The second-order valence-corrected chi connectivity index (χ2v) is 8.61. The van der Waals surface area contributed by atoms with Crippen LogP contribution in [-0.4, -0.2) is 43.4 Å². The van der Waals surface area contributed by atoms with Crippen LogP contribution in [0.3, 0.4) is 0 Å². The van der Waals surface area contributed by atoms with Gasteiger partial charge in [-0.15, -0.1) is 11.8 Å². The number of fused-ring (bicyclic) bond motifs is 1. The molecule has 0 aliphatic carbocycles. The molecule has 2 atom stereocenters. The van der Waals surface area contributed by atoms with E-state index in [2.05, 4.69) is 15.5 Å². The summed E-state index contributed by atoms with van der Waals surface area (Å²) in [4.78, 5) is 25.1. The average molecular weight is 377 g/mol. The molecule has 0 radical (unpaired) electrons. The summed E-state index contributed by atoms with van der Waals surface area (Å²) in [6.45, 7) is 4.72. The van der Waals surface area contributed by atoms with Gasteiger partial charge in [-0.3, -0.25) is 24.1 Å². The molecule has 0 spiro atoms. The largest absolute Gasteiger partial charge is 0.375 e. The number of H-pyrrole nitrogens is 1. The minimum atomic E-state index is -0.261. The lowest BCUT2D eigenvalue weighted by atomic mass is 9.94. The fraction of sp³-hybridized carbons (Fsp3) is 0.588. The summed E-state index contributed by atoms with van der Waals surface area (Å²) < 4.78 is 9.35. The number of carbonyl (C=O) groups is 1. The van der Waals surface area contributed by atoms with Crippen LogP contribution >= 0.6 is 11.8 Å². The molecule has 1 fully saturated rings. The molecule has 4 rings (SSSR count). The van der Waals surface area contributed by atoms with Crippen LogP contribution in [0.2, 0.25) is 0 Å². The zero-order valence-corrected chi connectivity index (χ0v) is 15.9. The summed E-state index contributed by atoms with van der Waals surface area (Å²) in [7, 11) is 1.84. The number of aromatic amines is 1. The van der Waals surface area contributed by atoms with Gasteiger partial charge in [0.25, 0.3) is 5.56 Å². The van der Waals surface area contributed by atoms with Crippen LogP contribution in [0.1, 0.15) is 49.1 Å². The predicted octanol–water partition coefficient (Wildman–Crippen LogP) is 1.81. The lowest BCUT2D eigenvalue weighted by Crippen LogP contribution is -2.36. The fourth-order valence-electron chi connectivity index (χ4n) is 3.78. The van der Waals surface area contributed by atoms with E-state index in [-0.39, 0.29) is 28.4 Å². The lowest BCUT2D eigenvalue weighted by molar-refractivity contribution is -0.113. The summed E-state index contributed by atoms with van der Waals surface area (Å²) in [6.07, 6.45) is 5.21. The van der Waals surface area contributed by atoms with E-state index in [4.69, 9.17) is 4.74 Å². The molecule has 1 saturated heterocycles. The van der Waals surface area contributed by atoms with Crippen molar-refractivity contribution in [2.75, 3.05) is 17.7 Å². The molecule has 0 bridgehead atoms. The van der Waals surface area contributed by atoms with Gasteiger partial charge in [-0.2, -0.15) is 5.10 Å². The Balaban J connectivity index is 1.80. The highest BCUT2D eigenvalue weighted by Gasteiger charge is 2.36. The third kappa shape index (κ3) is 3.09. The Morgan fingerprint density at radius 1 is 1.38 bits per heavy atom. The Hall–Kier alpha value is -2.00. The Kier molecular flexibility index (Phi) is 4.23. The first kappa shape index (κ1) is 17.4. The second-order valence-electron chi connectivity index (χ2n) is 7.51. The number of hydrogen-bond donors (Lipinski definition) is 2. The molecule has 2 aromatic rings. The van der Waals surface area contributed by atoms with Crippen molar-refractivity contribution < 1.29 is 9.53 Å². The van der Waals surface area contributed by atoms with Gasteiger partial charge in [0, 0.05) is 25.4 Å². The molecule has 9 heteroatoms. The Bertz CT molecular complexity index is 897. The van der Waals surface area contributed by atoms with E-state index in [1.54, 1.807) is 10.9 Å². The number of thioether (sulfide) groups is 1. The topological polar surface area (TPSA) is 93.9 Å². The van der Waals surface area contributed by atoms with Gasteiger partial charge in [-0.05, 0) is 26.7 Å². The number of rotatable bonds is 2. The van der Waals surface area contributed by atoms with Gasteiger partial charge in [0.2, 0.25) is 5.91 Å². The molecule has 4 heterocycles. The number of aromatic nitrogens is 4. The van der Waals surface area contributed by atoms with Crippen LogP contribution in [0.5, 0.6) is 0 Å². The quantitative estimate of drug-likeness (QED) is 0.833. The molecule has 140 valence electrons. The van der Waals surface area contributed by atoms with Crippen molar-refractivity contribution >= 4 is 23.5 Å². The van der Waals surface area contributed by atoms with E-state index in [1.807, 2.05) is 31.8 Å². The van der Waals surface area contributed by atoms with E-state index < -0.39 is 0 Å². The average Bonchev–Trinajstić information content (AvgIpc) is 3.07. The first-order valence-corrected chi connectivity index (χ1v) is 9.77. The van der Waals surface area contributed by atoms with Crippen LogP contribution in [0.15, 0.2) is 17.2 Å². The van der Waals surface area contributed by atoms with E-state index >= 15 is 0 Å². The molecule has 2 aliphatic heterocycles. The van der Waals surface area contributed by atoms with Crippen molar-refractivity contribution in [1.82, 2.24) is 19.6 Å². The first-order chi connectivity index (χ1) is 12.3. The minimum absolute atomic E-state index is 0.0770. The first-order valence-electron chi connectivity index (χ1n) is 8.72. The normalized spacial score (nSPS) is 25.4. The van der Waals surface area contributed by atoms with Gasteiger partial charge in [0.15, 0.2) is 0 Å². The van der Waals surface area contributed by atoms with Gasteiger partial charge in [-0.1, -0.05) is 0 Å². The molecule has 0 unspecified atom stereocenters. The van der Waals surface area contributed by atoms with Crippen LogP contribution in [0.25, 0.3) is 0 Å². The fourth-order valence-corrected chi connectivity index (χ4v) is 4.87. The highest BCUT2D eigenvalue weighted by Crippen LogP contribution is 2.41. The summed E-state index contributed by atoms with van der Waals surface area (Å²) in [6, 6.07) is 0.0770. The molecule has 8 nitrogen and oxygen atoms in total.